The fraction of sp³-hybridized carbons (Fsp3) is 0.667. The van der Waals surface area contributed by atoms with Crippen molar-refractivity contribution in [2.45, 2.75) is 78.7 Å². The molecular formula is C24H34O5. The van der Waals surface area contributed by atoms with Crippen LogP contribution in [0.1, 0.15) is 99.4 Å². The van der Waals surface area contributed by atoms with Crippen molar-refractivity contribution in [3.05, 3.63) is 16.7 Å². The predicted molar refractivity (Wildman–Crippen MR) is 112 cm³/mol. The highest BCUT2D eigenvalue weighted by Crippen LogP contribution is 2.62. The van der Waals surface area contributed by atoms with Crippen LogP contribution >= 0.6 is 0 Å². The average molecular weight is 403 g/mol. The van der Waals surface area contributed by atoms with Gasteiger partial charge in [0, 0.05) is 11.5 Å². The summed E-state index contributed by atoms with van der Waals surface area (Å²) < 4.78 is 6.57. The molecule has 1 aromatic carbocycles. The van der Waals surface area contributed by atoms with Crippen LogP contribution in [0.2, 0.25) is 0 Å². The summed E-state index contributed by atoms with van der Waals surface area (Å²) in [6, 6.07) is 0. The lowest BCUT2D eigenvalue weighted by Gasteiger charge is -2.47. The second-order valence-electron chi connectivity index (χ2n) is 10.1. The molecule has 0 amide bonds. The Kier molecular flexibility index (Phi) is 5.48. The summed E-state index contributed by atoms with van der Waals surface area (Å²) in [6.45, 7) is 13.3. The largest absolute Gasteiger partial charge is 0.507 e. The van der Waals surface area contributed by atoms with Crippen molar-refractivity contribution in [2.75, 3.05) is 0 Å². The zero-order chi connectivity index (χ0) is 21.7. The molecule has 4 atom stereocenters. The molecule has 1 aromatic rings. The van der Waals surface area contributed by atoms with Gasteiger partial charge in [-0.05, 0) is 48.9 Å². The van der Waals surface area contributed by atoms with Gasteiger partial charge in [0.1, 0.15) is 22.8 Å². The minimum absolute atomic E-state index is 0.0296. The summed E-state index contributed by atoms with van der Waals surface area (Å²) in [6.07, 6.45) is 4.37. The molecule has 0 saturated heterocycles. The Morgan fingerprint density at radius 3 is 2.17 bits per heavy atom. The number of phenols is 2. The van der Waals surface area contributed by atoms with Crippen LogP contribution in [0.25, 0.3) is 0 Å². The molecule has 1 spiro atoms. The Morgan fingerprint density at radius 1 is 1.07 bits per heavy atom. The second-order valence-corrected chi connectivity index (χ2v) is 10.1. The number of hydrogen-bond acceptors (Lipinski definition) is 5. The number of rotatable bonds is 5. The van der Waals surface area contributed by atoms with Crippen molar-refractivity contribution >= 4 is 12.6 Å². The first-order valence-electron chi connectivity index (χ1n) is 10.7. The number of aldehydes is 2. The minimum atomic E-state index is -0.496. The van der Waals surface area contributed by atoms with Crippen molar-refractivity contribution in [1.82, 2.24) is 0 Å². The molecule has 1 heterocycles. The number of hydrogen-bond donors (Lipinski definition) is 2. The number of ether oxygens (including phenoxy) is 1. The highest BCUT2D eigenvalue weighted by atomic mass is 16.5. The Bertz CT molecular complexity index is 827. The monoisotopic (exact) mass is 402 g/mol. The van der Waals surface area contributed by atoms with Crippen LogP contribution in [-0.4, -0.2) is 28.4 Å². The van der Waals surface area contributed by atoms with E-state index in [1.807, 2.05) is 0 Å². The summed E-state index contributed by atoms with van der Waals surface area (Å²) in [5, 5.41) is 21.3. The number of benzene rings is 1. The number of fused-ring (bicyclic) bond motifs is 1. The number of carbonyl (C=O) groups is 2. The Hall–Kier alpha value is -2.04. The van der Waals surface area contributed by atoms with E-state index >= 15 is 0 Å². The van der Waals surface area contributed by atoms with E-state index in [4.69, 9.17) is 4.74 Å². The molecule has 2 aliphatic rings. The van der Waals surface area contributed by atoms with Crippen molar-refractivity contribution in [3.63, 3.8) is 0 Å². The smallest absolute Gasteiger partial charge is 0.157 e. The fourth-order valence-electron chi connectivity index (χ4n) is 5.73. The zero-order valence-electron chi connectivity index (χ0n) is 18.4. The molecule has 0 unspecified atom stereocenters. The Morgan fingerprint density at radius 2 is 1.69 bits per heavy atom. The lowest BCUT2D eigenvalue weighted by molar-refractivity contribution is -0.0297. The van der Waals surface area contributed by atoms with Crippen LogP contribution in [0.5, 0.6) is 17.2 Å². The summed E-state index contributed by atoms with van der Waals surface area (Å²) in [7, 11) is 0. The molecule has 1 saturated carbocycles. The van der Waals surface area contributed by atoms with E-state index in [1.54, 1.807) is 0 Å². The average Bonchev–Trinajstić information content (AvgIpc) is 2.88. The minimum Gasteiger partial charge on any atom is -0.507 e. The molecule has 5 heteroatoms. The number of carbonyl (C=O) groups excluding carboxylic acids is 2. The summed E-state index contributed by atoms with van der Waals surface area (Å²) >= 11 is 0. The van der Waals surface area contributed by atoms with Gasteiger partial charge in [0.15, 0.2) is 12.6 Å². The van der Waals surface area contributed by atoms with Crippen molar-refractivity contribution in [1.29, 1.82) is 0 Å². The van der Waals surface area contributed by atoms with Crippen LogP contribution in [0.15, 0.2) is 0 Å². The van der Waals surface area contributed by atoms with E-state index in [0.717, 1.165) is 25.7 Å². The summed E-state index contributed by atoms with van der Waals surface area (Å²) in [5.41, 5.74) is -0.112. The summed E-state index contributed by atoms with van der Waals surface area (Å²) in [5.74, 6) is 0.553. The van der Waals surface area contributed by atoms with E-state index in [1.165, 1.54) is 0 Å². The Labute approximate surface area is 173 Å². The maximum Gasteiger partial charge on any atom is 0.157 e. The van der Waals surface area contributed by atoms with Crippen molar-refractivity contribution in [3.8, 4) is 17.2 Å². The molecular weight excluding hydrogens is 368 g/mol. The third-order valence-electron chi connectivity index (χ3n) is 7.99. The topological polar surface area (TPSA) is 83.8 Å². The Balaban J connectivity index is 2.23. The van der Waals surface area contributed by atoms with Gasteiger partial charge in [-0.25, -0.2) is 0 Å². The number of aromatic hydroxyl groups is 2. The quantitative estimate of drug-likeness (QED) is 0.638. The SMILES string of the molecule is CC(C)C[C@@H]1C[C@@]2(CC[C@@](C)(C(C)C)[C@@H]2C)Oc2c(C=O)c(O)c(C=O)c(O)c21. The van der Waals surface area contributed by atoms with E-state index < -0.39 is 11.4 Å². The van der Waals surface area contributed by atoms with Gasteiger partial charge >= 0.3 is 0 Å². The van der Waals surface area contributed by atoms with Gasteiger partial charge < -0.3 is 14.9 Å². The standard InChI is InChI=1S/C24H34O5/c1-13(2)9-16-10-24(8-7-23(6,14(3)4)15(24)5)29-22-18(12-26)20(27)17(11-25)21(28)19(16)22/h11-16,27-28H,7-10H2,1-6H3/t15-,16+,23-,24+/m0/s1. The van der Waals surface area contributed by atoms with Gasteiger partial charge in [0.05, 0.1) is 11.1 Å². The van der Waals surface area contributed by atoms with E-state index in [-0.39, 0.29) is 39.9 Å². The van der Waals surface area contributed by atoms with Gasteiger partial charge in [-0.3, -0.25) is 9.59 Å². The maximum absolute atomic E-state index is 11.9. The van der Waals surface area contributed by atoms with Crippen LogP contribution in [-0.2, 0) is 0 Å². The molecule has 29 heavy (non-hydrogen) atoms. The molecule has 0 radical (unpaired) electrons. The normalized spacial score (nSPS) is 31.2. The summed E-state index contributed by atoms with van der Waals surface area (Å²) in [4.78, 5) is 23.4. The lowest BCUT2D eigenvalue weighted by Crippen LogP contribution is -2.47. The number of phenolic OH excluding ortho intramolecular Hbond substituents is 2. The fourth-order valence-corrected chi connectivity index (χ4v) is 5.73. The first kappa shape index (κ1) is 21.7. The van der Waals surface area contributed by atoms with E-state index in [0.29, 0.717) is 30.0 Å². The molecule has 5 nitrogen and oxygen atoms in total. The molecule has 1 aliphatic heterocycles. The van der Waals surface area contributed by atoms with Crippen LogP contribution in [0, 0.1) is 23.2 Å². The third kappa shape index (κ3) is 3.13. The van der Waals surface area contributed by atoms with E-state index in [9.17, 15) is 19.8 Å². The van der Waals surface area contributed by atoms with Crippen LogP contribution < -0.4 is 4.74 Å². The lowest BCUT2D eigenvalue weighted by atomic mass is 9.66. The van der Waals surface area contributed by atoms with Gasteiger partial charge in [-0.15, -0.1) is 0 Å². The first-order valence-corrected chi connectivity index (χ1v) is 10.7. The molecule has 160 valence electrons. The van der Waals surface area contributed by atoms with Gasteiger partial charge in [0.25, 0.3) is 0 Å². The molecule has 0 aromatic heterocycles. The maximum atomic E-state index is 11.9. The highest BCUT2D eigenvalue weighted by molar-refractivity contribution is 5.95. The molecule has 1 fully saturated rings. The van der Waals surface area contributed by atoms with Crippen molar-refractivity contribution < 1.29 is 24.5 Å². The molecule has 3 rings (SSSR count). The van der Waals surface area contributed by atoms with Crippen LogP contribution in [0.4, 0.5) is 0 Å². The second kappa shape index (κ2) is 7.33. The highest BCUT2D eigenvalue weighted by Gasteiger charge is 2.58. The van der Waals surface area contributed by atoms with Crippen LogP contribution in [0.3, 0.4) is 0 Å². The van der Waals surface area contributed by atoms with Crippen molar-refractivity contribution in [2.24, 2.45) is 23.2 Å². The first-order chi connectivity index (χ1) is 13.5. The molecule has 0 bridgehead atoms. The zero-order valence-corrected chi connectivity index (χ0v) is 18.4. The molecule has 1 aliphatic carbocycles. The third-order valence-corrected chi connectivity index (χ3v) is 7.99. The van der Waals surface area contributed by atoms with E-state index in [2.05, 4.69) is 41.5 Å². The predicted octanol–water partition coefficient (Wildman–Crippen LogP) is 5.47. The van der Waals surface area contributed by atoms with Gasteiger partial charge in [-0.2, -0.15) is 0 Å². The van der Waals surface area contributed by atoms with Gasteiger partial charge in [-0.1, -0.05) is 41.5 Å². The van der Waals surface area contributed by atoms with Gasteiger partial charge in [0.2, 0.25) is 0 Å². The molecule has 2 N–H and O–H groups in total.